The number of carbonyl (C=O) groups is 1. The van der Waals surface area contributed by atoms with Crippen molar-refractivity contribution in [1.29, 1.82) is 0 Å². The number of ether oxygens (including phenoxy) is 1. The fourth-order valence-electron chi connectivity index (χ4n) is 2.65. The number of phenolic OH excluding ortho intramolecular Hbond substituents is 1. The van der Waals surface area contributed by atoms with Crippen LogP contribution in [-0.4, -0.2) is 34.5 Å². The minimum Gasteiger partial charge on any atom is -0.508 e. The average molecular weight is 363 g/mol. The molecule has 0 atom stereocenters. The molecule has 0 aliphatic carbocycles. The molecule has 1 heterocycles. The lowest BCUT2D eigenvalue weighted by atomic mass is 10.1. The molecule has 6 heteroatoms. The summed E-state index contributed by atoms with van der Waals surface area (Å²) in [7, 11) is 1.52. The number of hydrogen-bond donors (Lipinski definition) is 2. The molecule has 2 aromatic carbocycles. The zero-order valence-electron chi connectivity index (χ0n) is 15.3. The second-order valence-electron chi connectivity index (χ2n) is 6.11. The maximum atomic E-state index is 11.6. The minimum atomic E-state index is 0.00474. The van der Waals surface area contributed by atoms with Crippen molar-refractivity contribution in [2.45, 2.75) is 13.3 Å². The maximum absolute atomic E-state index is 11.6. The van der Waals surface area contributed by atoms with Gasteiger partial charge in [0.25, 0.3) is 0 Å². The first-order valence-electron chi connectivity index (χ1n) is 8.61. The van der Waals surface area contributed by atoms with E-state index < -0.39 is 0 Å². The summed E-state index contributed by atoms with van der Waals surface area (Å²) in [6.07, 6.45) is 0.780. The van der Waals surface area contributed by atoms with Gasteiger partial charge in [0.1, 0.15) is 11.6 Å². The van der Waals surface area contributed by atoms with Gasteiger partial charge in [0, 0.05) is 23.7 Å². The molecule has 0 radical (unpaired) electrons. The molecule has 3 aromatic rings. The minimum absolute atomic E-state index is 0.00474. The van der Waals surface area contributed by atoms with E-state index in [9.17, 15) is 9.90 Å². The van der Waals surface area contributed by atoms with E-state index >= 15 is 0 Å². The number of aromatic nitrogens is 2. The molecule has 0 saturated carbocycles. The fraction of sp³-hybridized carbons (Fsp3) is 0.190. The van der Waals surface area contributed by atoms with Gasteiger partial charge in [-0.25, -0.2) is 0 Å². The first kappa shape index (κ1) is 18.4. The molecule has 0 unspecified atom stereocenters. The topological polar surface area (TPSA) is 84.3 Å². The predicted molar refractivity (Wildman–Crippen MR) is 104 cm³/mol. The molecule has 0 aliphatic heterocycles. The number of ketones is 1. The number of benzene rings is 2. The number of anilines is 1. The number of rotatable bonds is 7. The molecule has 0 fully saturated rings. The Labute approximate surface area is 157 Å². The van der Waals surface area contributed by atoms with Crippen LogP contribution in [0.4, 0.5) is 5.82 Å². The summed E-state index contributed by atoms with van der Waals surface area (Å²) in [4.78, 5) is 20.3. The third kappa shape index (κ3) is 4.82. The van der Waals surface area contributed by atoms with Crippen molar-refractivity contribution >= 4 is 11.6 Å². The lowest BCUT2D eigenvalue weighted by Crippen LogP contribution is -2.08. The van der Waals surface area contributed by atoms with Crippen LogP contribution in [0.25, 0.3) is 11.3 Å². The van der Waals surface area contributed by atoms with Crippen LogP contribution in [0.3, 0.4) is 0 Å². The van der Waals surface area contributed by atoms with Crippen LogP contribution in [0.2, 0.25) is 0 Å². The van der Waals surface area contributed by atoms with Crippen molar-refractivity contribution in [3.63, 3.8) is 0 Å². The number of methoxy groups -OCH3 is 1. The maximum Gasteiger partial charge on any atom is 0.318 e. The van der Waals surface area contributed by atoms with Crippen molar-refractivity contribution in [3.8, 4) is 23.0 Å². The van der Waals surface area contributed by atoms with Crippen molar-refractivity contribution < 1.29 is 14.6 Å². The summed E-state index contributed by atoms with van der Waals surface area (Å²) >= 11 is 0. The van der Waals surface area contributed by atoms with Crippen LogP contribution in [0.5, 0.6) is 11.8 Å². The van der Waals surface area contributed by atoms with Crippen LogP contribution in [-0.2, 0) is 6.42 Å². The lowest BCUT2D eigenvalue weighted by Gasteiger charge is -2.10. The number of aromatic hydroxyl groups is 1. The van der Waals surface area contributed by atoms with Crippen LogP contribution in [0.15, 0.2) is 54.6 Å². The van der Waals surface area contributed by atoms with Crippen molar-refractivity contribution in [1.82, 2.24) is 9.97 Å². The van der Waals surface area contributed by atoms with E-state index in [0.29, 0.717) is 23.6 Å². The van der Waals surface area contributed by atoms with Crippen molar-refractivity contribution in [2.24, 2.45) is 0 Å². The average Bonchev–Trinajstić information content (AvgIpc) is 2.69. The first-order chi connectivity index (χ1) is 13.0. The number of phenols is 1. The van der Waals surface area contributed by atoms with E-state index in [4.69, 9.17) is 4.74 Å². The zero-order chi connectivity index (χ0) is 19.2. The molecule has 0 bridgehead atoms. The van der Waals surface area contributed by atoms with Gasteiger partial charge in [0.2, 0.25) is 0 Å². The number of carbonyl (C=O) groups excluding carboxylic acids is 1. The first-order valence-corrected chi connectivity index (χ1v) is 8.61. The predicted octanol–water partition coefficient (Wildman–Crippen LogP) is 3.72. The fourth-order valence-corrected chi connectivity index (χ4v) is 2.65. The van der Waals surface area contributed by atoms with Crippen molar-refractivity contribution in [3.05, 3.63) is 65.7 Å². The van der Waals surface area contributed by atoms with Gasteiger partial charge in [0.15, 0.2) is 5.78 Å². The van der Waals surface area contributed by atoms with Crippen LogP contribution in [0, 0.1) is 0 Å². The van der Waals surface area contributed by atoms with Gasteiger partial charge < -0.3 is 15.2 Å². The molecule has 138 valence electrons. The SMILES string of the molecule is COc1nc(NCCc2ccc(O)cc2)cc(-c2cccc(C(C)=O)c2)n1. The Morgan fingerprint density at radius 3 is 2.59 bits per heavy atom. The molecule has 2 N–H and O–H groups in total. The monoisotopic (exact) mass is 363 g/mol. The molecule has 0 aliphatic rings. The van der Waals surface area contributed by atoms with Gasteiger partial charge in [-0.3, -0.25) is 4.79 Å². The van der Waals surface area contributed by atoms with E-state index in [1.165, 1.54) is 14.0 Å². The second-order valence-corrected chi connectivity index (χ2v) is 6.11. The van der Waals surface area contributed by atoms with Gasteiger partial charge in [-0.2, -0.15) is 9.97 Å². The Morgan fingerprint density at radius 1 is 1.11 bits per heavy atom. The molecular weight excluding hydrogens is 342 g/mol. The summed E-state index contributed by atoms with van der Waals surface area (Å²) in [5.74, 6) is 0.902. The zero-order valence-corrected chi connectivity index (χ0v) is 15.3. The number of Topliss-reactive ketones (excluding diaryl/α,β-unsaturated/α-hetero) is 1. The summed E-state index contributed by atoms with van der Waals surface area (Å²) in [5, 5.41) is 12.6. The third-order valence-corrected chi connectivity index (χ3v) is 4.11. The highest BCUT2D eigenvalue weighted by Crippen LogP contribution is 2.23. The molecule has 27 heavy (non-hydrogen) atoms. The highest BCUT2D eigenvalue weighted by atomic mass is 16.5. The Bertz CT molecular complexity index is 940. The van der Waals surface area contributed by atoms with Crippen molar-refractivity contribution in [2.75, 3.05) is 19.0 Å². The molecule has 0 saturated heterocycles. The molecule has 6 nitrogen and oxygen atoms in total. The smallest absolute Gasteiger partial charge is 0.318 e. The van der Waals surface area contributed by atoms with E-state index in [1.54, 1.807) is 18.2 Å². The Morgan fingerprint density at radius 2 is 1.89 bits per heavy atom. The van der Waals surface area contributed by atoms with E-state index in [1.807, 2.05) is 36.4 Å². The van der Waals surface area contributed by atoms with E-state index in [0.717, 1.165) is 17.5 Å². The van der Waals surface area contributed by atoms with Gasteiger partial charge >= 0.3 is 6.01 Å². The summed E-state index contributed by atoms with van der Waals surface area (Å²) in [5.41, 5.74) is 3.24. The van der Waals surface area contributed by atoms with Crippen LogP contribution >= 0.6 is 0 Å². The van der Waals surface area contributed by atoms with E-state index in [2.05, 4.69) is 15.3 Å². The number of hydrogen-bond acceptors (Lipinski definition) is 6. The largest absolute Gasteiger partial charge is 0.508 e. The third-order valence-electron chi connectivity index (χ3n) is 4.11. The Kier molecular flexibility index (Phi) is 5.66. The Balaban J connectivity index is 1.78. The molecule has 0 spiro atoms. The molecule has 3 rings (SSSR count). The van der Waals surface area contributed by atoms with Crippen LogP contribution < -0.4 is 10.1 Å². The van der Waals surface area contributed by atoms with E-state index in [-0.39, 0.29) is 17.5 Å². The van der Waals surface area contributed by atoms with Gasteiger partial charge in [0.05, 0.1) is 12.8 Å². The lowest BCUT2D eigenvalue weighted by molar-refractivity contribution is 0.101. The second kappa shape index (κ2) is 8.31. The molecule has 0 amide bonds. The van der Waals surface area contributed by atoms with Gasteiger partial charge in [-0.1, -0.05) is 30.3 Å². The normalized spacial score (nSPS) is 10.4. The molecular formula is C21H21N3O3. The molecule has 1 aromatic heterocycles. The summed E-state index contributed by atoms with van der Waals surface area (Å²) < 4.78 is 5.22. The quantitative estimate of drug-likeness (QED) is 0.623. The Hall–Kier alpha value is -3.41. The summed E-state index contributed by atoms with van der Waals surface area (Å²) in [6, 6.07) is 16.5. The number of nitrogens with zero attached hydrogens (tertiary/aromatic N) is 2. The highest BCUT2D eigenvalue weighted by Gasteiger charge is 2.09. The number of nitrogens with one attached hydrogen (secondary N) is 1. The van der Waals surface area contributed by atoms with Gasteiger partial charge in [-0.05, 0) is 37.1 Å². The van der Waals surface area contributed by atoms with Crippen LogP contribution in [0.1, 0.15) is 22.8 Å². The van der Waals surface area contributed by atoms with Gasteiger partial charge in [-0.15, -0.1) is 0 Å². The standard InChI is InChI=1S/C21H21N3O3/c1-14(25)16-4-3-5-17(12-16)19-13-20(24-21(23-19)27-2)22-11-10-15-6-8-18(26)9-7-15/h3-9,12-13,26H,10-11H2,1-2H3,(H,22,23,24). The summed E-state index contributed by atoms with van der Waals surface area (Å²) in [6.45, 7) is 2.20. The highest BCUT2D eigenvalue weighted by molar-refractivity contribution is 5.95.